The zero-order valence-corrected chi connectivity index (χ0v) is 15.0. The molecule has 0 saturated heterocycles. The smallest absolute Gasteiger partial charge is 0.344 e. The van der Waals surface area contributed by atoms with Crippen LogP contribution in [0.2, 0.25) is 0 Å². The summed E-state index contributed by atoms with van der Waals surface area (Å²) in [4.78, 5) is 25.4. The molecule has 0 spiro atoms. The molecule has 4 heteroatoms. The third kappa shape index (κ3) is 2.12. The van der Waals surface area contributed by atoms with Crippen molar-refractivity contribution in [3.8, 4) is 0 Å². The summed E-state index contributed by atoms with van der Waals surface area (Å²) in [5.74, 6) is 1.98. The molecular formula is C21H28O4. The maximum atomic E-state index is 13.2. The van der Waals surface area contributed by atoms with E-state index in [4.69, 9.17) is 9.47 Å². The first-order valence-corrected chi connectivity index (χ1v) is 10.1. The van der Waals surface area contributed by atoms with Gasteiger partial charge >= 0.3 is 11.9 Å². The molecule has 5 rings (SSSR count). The number of carbonyl (C=O) groups is 2. The van der Waals surface area contributed by atoms with Gasteiger partial charge in [0, 0.05) is 0 Å². The Morgan fingerprint density at radius 1 is 1.12 bits per heavy atom. The number of allylic oxidation sites excluding steroid dienone is 2. The number of carbonyl (C=O) groups excluding carboxylic acids is 2. The van der Waals surface area contributed by atoms with E-state index in [9.17, 15) is 9.59 Å². The van der Waals surface area contributed by atoms with Crippen molar-refractivity contribution in [1.29, 1.82) is 0 Å². The number of fused-ring (bicyclic) bond motifs is 9. The fourth-order valence-corrected chi connectivity index (χ4v) is 7.27. The highest BCUT2D eigenvalue weighted by Crippen LogP contribution is 2.72. The molecule has 0 radical (unpaired) electrons. The van der Waals surface area contributed by atoms with Crippen LogP contribution in [0.1, 0.15) is 58.3 Å². The van der Waals surface area contributed by atoms with Crippen molar-refractivity contribution in [2.75, 3.05) is 6.61 Å². The van der Waals surface area contributed by atoms with Crippen LogP contribution in [0.4, 0.5) is 0 Å². The minimum atomic E-state index is -0.382. The summed E-state index contributed by atoms with van der Waals surface area (Å²) in [5.41, 5.74) is -0.689. The van der Waals surface area contributed by atoms with Gasteiger partial charge in [0.15, 0.2) is 6.61 Å². The van der Waals surface area contributed by atoms with Crippen LogP contribution in [0.25, 0.3) is 0 Å². The van der Waals surface area contributed by atoms with Crippen molar-refractivity contribution in [2.24, 2.45) is 35.0 Å². The average molecular weight is 344 g/mol. The first-order valence-electron chi connectivity index (χ1n) is 10.1. The summed E-state index contributed by atoms with van der Waals surface area (Å²) in [6.07, 6.45) is 13.3. The number of hydrogen-bond acceptors (Lipinski definition) is 4. The summed E-state index contributed by atoms with van der Waals surface area (Å²) in [6.45, 7) is 1.77. The van der Waals surface area contributed by atoms with E-state index < -0.39 is 0 Å². The van der Waals surface area contributed by atoms with Gasteiger partial charge in [-0.05, 0) is 87.9 Å². The predicted molar refractivity (Wildman–Crippen MR) is 91.4 cm³/mol. The average Bonchev–Trinajstić information content (AvgIpc) is 3.36. The van der Waals surface area contributed by atoms with E-state index >= 15 is 0 Å². The number of esters is 2. The molecular weight excluding hydrogens is 316 g/mol. The van der Waals surface area contributed by atoms with Gasteiger partial charge in [0.1, 0.15) is 5.60 Å². The van der Waals surface area contributed by atoms with Crippen molar-refractivity contribution >= 4 is 11.9 Å². The molecule has 4 fully saturated rings. The van der Waals surface area contributed by atoms with E-state index in [1.54, 1.807) is 0 Å². The maximum absolute atomic E-state index is 13.2. The van der Waals surface area contributed by atoms with E-state index in [1.807, 2.05) is 6.92 Å². The van der Waals surface area contributed by atoms with Gasteiger partial charge in [-0.3, -0.25) is 4.79 Å². The van der Waals surface area contributed by atoms with E-state index in [2.05, 4.69) is 12.2 Å². The van der Waals surface area contributed by atoms with Gasteiger partial charge in [-0.15, -0.1) is 0 Å². The van der Waals surface area contributed by atoms with Crippen LogP contribution >= 0.6 is 0 Å². The zero-order chi connectivity index (χ0) is 17.2. The van der Waals surface area contributed by atoms with Crippen molar-refractivity contribution < 1.29 is 19.1 Å². The lowest BCUT2D eigenvalue weighted by atomic mass is 9.61. The molecule has 4 nitrogen and oxygen atoms in total. The minimum Gasteiger partial charge on any atom is -0.457 e. The highest BCUT2D eigenvalue weighted by atomic mass is 16.6. The number of hydrogen-bond donors (Lipinski definition) is 0. The van der Waals surface area contributed by atoms with Gasteiger partial charge in [-0.1, -0.05) is 12.2 Å². The summed E-state index contributed by atoms with van der Waals surface area (Å²) in [5, 5.41) is 0. The lowest BCUT2D eigenvalue weighted by Crippen LogP contribution is -2.48. The van der Waals surface area contributed by atoms with Crippen molar-refractivity contribution in [3.05, 3.63) is 12.2 Å². The lowest BCUT2D eigenvalue weighted by molar-refractivity contribution is -0.178. The van der Waals surface area contributed by atoms with Crippen LogP contribution < -0.4 is 0 Å². The fourth-order valence-electron chi connectivity index (χ4n) is 7.27. The van der Waals surface area contributed by atoms with E-state index in [1.165, 1.54) is 12.8 Å². The predicted octanol–water partition coefficient (Wildman–Crippen LogP) is 3.64. The molecule has 0 aliphatic heterocycles. The molecule has 25 heavy (non-hydrogen) atoms. The Labute approximate surface area is 149 Å². The van der Waals surface area contributed by atoms with Crippen molar-refractivity contribution in [2.45, 2.75) is 63.9 Å². The zero-order valence-electron chi connectivity index (χ0n) is 15.0. The molecule has 5 aliphatic carbocycles. The summed E-state index contributed by atoms with van der Waals surface area (Å²) >= 11 is 0. The van der Waals surface area contributed by atoms with Gasteiger partial charge < -0.3 is 9.47 Å². The first-order chi connectivity index (χ1) is 12.0. The van der Waals surface area contributed by atoms with E-state index in [0.717, 1.165) is 38.5 Å². The Morgan fingerprint density at radius 2 is 1.92 bits per heavy atom. The van der Waals surface area contributed by atoms with Crippen LogP contribution in [0.15, 0.2) is 12.2 Å². The molecule has 6 atom stereocenters. The second-order valence-electron chi connectivity index (χ2n) is 9.33. The fraction of sp³-hybridized carbons (Fsp3) is 0.810. The molecule has 4 bridgehead atoms. The van der Waals surface area contributed by atoms with Gasteiger partial charge in [-0.2, -0.15) is 0 Å². The Bertz CT molecular complexity index is 632. The third-order valence-corrected chi connectivity index (χ3v) is 8.10. The molecule has 0 N–H and O–H groups in total. The minimum absolute atomic E-state index is 0.116. The third-order valence-electron chi connectivity index (χ3n) is 8.10. The lowest BCUT2D eigenvalue weighted by Gasteiger charge is -2.42. The van der Waals surface area contributed by atoms with Crippen LogP contribution in [-0.2, 0) is 19.1 Å². The SMILES string of the molecule is CC1(OC(=O)COC(=O)C23C4C=CC(C4)C2C2CCC3C2)CCCC1. The van der Waals surface area contributed by atoms with Crippen molar-refractivity contribution in [1.82, 2.24) is 0 Å². The van der Waals surface area contributed by atoms with E-state index in [0.29, 0.717) is 29.6 Å². The Kier molecular flexibility index (Phi) is 3.40. The maximum Gasteiger partial charge on any atom is 0.344 e. The molecule has 0 aromatic rings. The second-order valence-corrected chi connectivity index (χ2v) is 9.33. The summed E-state index contributed by atoms with van der Waals surface area (Å²) in [7, 11) is 0. The quantitative estimate of drug-likeness (QED) is 0.444. The largest absolute Gasteiger partial charge is 0.457 e. The molecule has 6 unspecified atom stereocenters. The Hall–Kier alpha value is -1.32. The van der Waals surface area contributed by atoms with Crippen LogP contribution in [0.3, 0.4) is 0 Å². The Morgan fingerprint density at radius 3 is 2.72 bits per heavy atom. The topological polar surface area (TPSA) is 52.6 Å². The van der Waals surface area contributed by atoms with Crippen molar-refractivity contribution in [3.63, 3.8) is 0 Å². The molecule has 136 valence electrons. The van der Waals surface area contributed by atoms with Crippen LogP contribution in [0.5, 0.6) is 0 Å². The highest BCUT2D eigenvalue weighted by molar-refractivity contribution is 5.83. The second kappa shape index (κ2) is 5.34. The van der Waals surface area contributed by atoms with Crippen LogP contribution in [-0.4, -0.2) is 24.1 Å². The Balaban J connectivity index is 1.28. The monoisotopic (exact) mass is 344 g/mol. The standard InChI is InChI=1S/C21H28O4/c1-20(8-2-3-9-20)25-17(22)12-24-19(23)21-15-6-4-13(10-15)18(21)14-5-7-16(21)11-14/h4,6,13-16,18H,2-3,5,7-12H2,1H3. The molecule has 5 aliphatic rings. The van der Waals surface area contributed by atoms with Gasteiger partial charge in [0.25, 0.3) is 0 Å². The van der Waals surface area contributed by atoms with Gasteiger partial charge in [0.2, 0.25) is 0 Å². The summed E-state index contributed by atoms with van der Waals surface area (Å²) in [6, 6.07) is 0. The first kappa shape index (κ1) is 15.9. The molecule has 0 aromatic heterocycles. The van der Waals surface area contributed by atoms with E-state index in [-0.39, 0.29) is 29.6 Å². The van der Waals surface area contributed by atoms with Gasteiger partial charge in [0.05, 0.1) is 5.41 Å². The molecule has 0 aromatic carbocycles. The normalized spacial score (nSPS) is 44.9. The number of rotatable bonds is 4. The summed E-state index contributed by atoms with van der Waals surface area (Å²) < 4.78 is 11.2. The van der Waals surface area contributed by atoms with Crippen LogP contribution in [0, 0.1) is 35.0 Å². The highest BCUT2D eigenvalue weighted by Gasteiger charge is 2.71. The number of ether oxygens (including phenoxy) is 2. The molecule has 4 saturated carbocycles. The molecule has 0 amide bonds. The van der Waals surface area contributed by atoms with Gasteiger partial charge in [-0.25, -0.2) is 4.79 Å². The molecule has 0 heterocycles.